The third kappa shape index (κ3) is 5.70. The van der Waals surface area contributed by atoms with Crippen molar-refractivity contribution in [3.8, 4) is 28.2 Å². The number of nitrogens with zero attached hydrogens (tertiary/aromatic N) is 4. The van der Waals surface area contributed by atoms with E-state index in [0.717, 1.165) is 32.2 Å². The predicted molar refractivity (Wildman–Crippen MR) is 189 cm³/mol. The molecule has 0 N–H and O–H groups in total. The van der Waals surface area contributed by atoms with Gasteiger partial charge in [0, 0.05) is 23.4 Å². The first kappa shape index (κ1) is 30.8. The van der Waals surface area contributed by atoms with Crippen LogP contribution in [0.5, 0.6) is 0 Å². The lowest BCUT2D eigenvalue weighted by molar-refractivity contribution is -0.384. The monoisotopic (exact) mass is 644 g/mol. The molecule has 0 bridgehead atoms. The van der Waals surface area contributed by atoms with E-state index in [-0.39, 0.29) is 11.3 Å². The number of hydrogen-bond acceptors (Lipinski definition) is 5. The Hall–Kier alpha value is -6.87. The SMILES string of the molecule is Cc1ccc(N2C(=O)/C(=C\c3cc(-c4ccccc4)n(-c4ccc([N+](=O)[O-])cc4)c3-c3ccccc3)C(=O)N(c3ccccc3)C2=O)cc1. The number of barbiturate groups is 1. The van der Waals surface area contributed by atoms with Crippen LogP contribution in [0.25, 0.3) is 34.3 Å². The molecule has 1 aliphatic rings. The summed E-state index contributed by atoms with van der Waals surface area (Å²) in [5, 5.41) is 11.5. The standard InChI is InChI=1S/C40H28N4O5/c1-27-17-19-33(20-18-27)43-39(46)35(38(45)42(40(43)47)31-15-9-4-10-16-31)25-30-26-36(28-11-5-2-6-12-28)41(37(30)29-13-7-3-8-14-29)32-21-23-34(24-22-32)44(48)49/h2-26H,1H3/b35-25-. The van der Waals surface area contributed by atoms with Crippen LogP contribution in [0, 0.1) is 17.0 Å². The Morgan fingerprint density at radius 2 is 1.08 bits per heavy atom. The number of aromatic nitrogens is 1. The second-order valence-corrected chi connectivity index (χ2v) is 11.5. The molecule has 5 aromatic carbocycles. The molecule has 1 aromatic heterocycles. The maximum atomic E-state index is 14.3. The fourth-order valence-electron chi connectivity index (χ4n) is 5.96. The van der Waals surface area contributed by atoms with Gasteiger partial charge in [0.2, 0.25) is 0 Å². The second-order valence-electron chi connectivity index (χ2n) is 11.5. The average Bonchev–Trinajstić information content (AvgIpc) is 3.51. The van der Waals surface area contributed by atoms with E-state index in [1.54, 1.807) is 66.7 Å². The van der Waals surface area contributed by atoms with Crippen molar-refractivity contribution in [2.24, 2.45) is 0 Å². The number of urea groups is 1. The second kappa shape index (κ2) is 12.7. The Bertz CT molecular complexity index is 2240. The topological polar surface area (TPSA) is 106 Å². The minimum Gasteiger partial charge on any atom is -0.309 e. The highest BCUT2D eigenvalue weighted by molar-refractivity contribution is 6.46. The van der Waals surface area contributed by atoms with Gasteiger partial charge in [0.1, 0.15) is 5.57 Å². The predicted octanol–water partition coefficient (Wildman–Crippen LogP) is 8.61. The summed E-state index contributed by atoms with van der Waals surface area (Å²) in [7, 11) is 0. The number of nitro benzene ring substituents is 1. The third-order valence-corrected chi connectivity index (χ3v) is 8.32. The number of rotatable bonds is 7. The Balaban J connectivity index is 1.50. The molecule has 9 nitrogen and oxygen atoms in total. The smallest absolute Gasteiger partial charge is 0.309 e. The van der Waals surface area contributed by atoms with Crippen molar-refractivity contribution in [3.63, 3.8) is 0 Å². The zero-order valence-electron chi connectivity index (χ0n) is 26.3. The molecule has 0 radical (unpaired) electrons. The number of carbonyl (C=O) groups excluding carboxylic acids is 3. The Labute approximate surface area is 281 Å². The fourth-order valence-corrected chi connectivity index (χ4v) is 5.96. The number of para-hydroxylation sites is 1. The molecule has 0 spiro atoms. The van der Waals surface area contributed by atoms with Crippen molar-refractivity contribution in [2.45, 2.75) is 6.92 Å². The van der Waals surface area contributed by atoms with E-state index >= 15 is 0 Å². The Kier molecular flexibility index (Phi) is 7.99. The summed E-state index contributed by atoms with van der Waals surface area (Å²) in [6, 6.07) is 41.8. The highest BCUT2D eigenvalue weighted by atomic mass is 16.6. The number of imide groups is 2. The van der Waals surface area contributed by atoms with E-state index in [0.29, 0.717) is 28.3 Å². The summed E-state index contributed by atoms with van der Waals surface area (Å²) in [6.45, 7) is 1.90. The first-order chi connectivity index (χ1) is 23.8. The van der Waals surface area contributed by atoms with Gasteiger partial charge < -0.3 is 4.57 Å². The van der Waals surface area contributed by atoms with Crippen LogP contribution in [0.2, 0.25) is 0 Å². The average molecular weight is 645 g/mol. The Morgan fingerprint density at radius 3 is 1.63 bits per heavy atom. The molecule has 0 atom stereocenters. The van der Waals surface area contributed by atoms with E-state index in [1.807, 2.05) is 78.2 Å². The van der Waals surface area contributed by atoms with E-state index in [4.69, 9.17) is 0 Å². The number of nitro groups is 1. The summed E-state index contributed by atoms with van der Waals surface area (Å²) in [6.07, 6.45) is 1.53. The Morgan fingerprint density at radius 1 is 0.592 bits per heavy atom. The van der Waals surface area contributed by atoms with E-state index in [9.17, 15) is 24.5 Å². The van der Waals surface area contributed by atoms with Crippen LogP contribution in [0.4, 0.5) is 21.9 Å². The summed E-state index contributed by atoms with van der Waals surface area (Å²) in [5.41, 5.74) is 5.49. The van der Waals surface area contributed by atoms with Gasteiger partial charge in [-0.2, -0.15) is 0 Å². The summed E-state index contributed by atoms with van der Waals surface area (Å²) in [4.78, 5) is 55.6. The van der Waals surface area contributed by atoms with Gasteiger partial charge in [-0.3, -0.25) is 19.7 Å². The number of carbonyl (C=O) groups is 3. The van der Waals surface area contributed by atoms with Crippen molar-refractivity contribution < 1.29 is 19.3 Å². The van der Waals surface area contributed by atoms with Gasteiger partial charge in [-0.25, -0.2) is 14.6 Å². The molecule has 1 aliphatic heterocycles. The van der Waals surface area contributed by atoms with Crippen LogP contribution in [-0.4, -0.2) is 27.3 Å². The molecule has 0 saturated carbocycles. The van der Waals surface area contributed by atoms with Crippen molar-refractivity contribution in [1.82, 2.24) is 4.57 Å². The zero-order valence-corrected chi connectivity index (χ0v) is 26.3. The molecule has 4 amide bonds. The molecule has 238 valence electrons. The molecule has 2 heterocycles. The van der Waals surface area contributed by atoms with Gasteiger partial charge >= 0.3 is 6.03 Å². The summed E-state index contributed by atoms with van der Waals surface area (Å²) in [5.74, 6) is -1.51. The number of benzene rings is 5. The van der Waals surface area contributed by atoms with Crippen molar-refractivity contribution in [1.29, 1.82) is 0 Å². The van der Waals surface area contributed by atoms with E-state index in [1.165, 1.54) is 18.2 Å². The molecular weight excluding hydrogens is 616 g/mol. The molecule has 6 aromatic rings. The lowest BCUT2D eigenvalue weighted by atomic mass is 10.0. The van der Waals surface area contributed by atoms with Crippen LogP contribution in [-0.2, 0) is 9.59 Å². The number of hydrogen-bond donors (Lipinski definition) is 0. The van der Waals surface area contributed by atoms with Crippen LogP contribution in [0.3, 0.4) is 0 Å². The molecule has 7 rings (SSSR count). The maximum Gasteiger partial charge on any atom is 0.343 e. The van der Waals surface area contributed by atoms with Gasteiger partial charge in [0.15, 0.2) is 0 Å². The highest BCUT2D eigenvalue weighted by Crippen LogP contribution is 2.39. The molecule has 0 aliphatic carbocycles. The van der Waals surface area contributed by atoms with E-state index in [2.05, 4.69) is 0 Å². The summed E-state index contributed by atoms with van der Waals surface area (Å²) >= 11 is 0. The highest BCUT2D eigenvalue weighted by Gasteiger charge is 2.44. The van der Waals surface area contributed by atoms with Gasteiger partial charge in [0.25, 0.3) is 17.5 Å². The van der Waals surface area contributed by atoms with Crippen molar-refractivity contribution >= 4 is 41.0 Å². The van der Waals surface area contributed by atoms with Crippen molar-refractivity contribution in [2.75, 3.05) is 9.80 Å². The first-order valence-electron chi connectivity index (χ1n) is 15.5. The van der Waals surface area contributed by atoms with Crippen LogP contribution in [0.15, 0.2) is 151 Å². The number of non-ortho nitro benzene ring substituents is 1. The van der Waals surface area contributed by atoms with E-state index < -0.39 is 22.8 Å². The van der Waals surface area contributed by atoms with Crippen LogP contribution < -0.4 is 9.80 Å². The first-order valence-corrected chi connectivity index (χ1v) is 15.5. The van der Waals surface area contributed by atoms with Crippen LogP contribution in [0.1, 0.15) is 11.1 Å². The quantitative estimate of drug-likeness (QED) is 0.0749. The minimum absolute atomic E-state index is 0.0546. The van der Waals surface area contributed by atoms with Crippen molar-refractivity contribution in [3.05, 3.63) is 172 Å². The van der Waals surface area contributed by atoms with Gasteiger partial charge in [-0.1, -0.05) is 96.6 Å². The lowest BCUT2D eigenvalue weighted by Crippen LogP contribution is -2.57. The third-order valence-electron chi connectivity index (χ3n) is 8.32. The largest absolute Gasteiger partial charge is 0.343 e. The molecule has 1 fully saturated rings. The minimum atomic E-state index is -0.779. The van der Waals surface area contributed by atoms with Gasteiger partial charge in [-0.05, 0) is 66.6 Å². The molecule has 1 saturated heterocycles. The fraction of sp³-hybridized carbons (Fsp3) is 0.0250. The molecule has 0 unspecified atom stereocenters. The molecule has 49 heavy (non-hydrogen) atoms. The number of anilines is 2. The maximum absolute atomic E-state index is 14.3. The lowest BCUT2D eigenvalue weighted by Gasteiger charge is -2.34. The zero-order chi connectivity index (χ0) is 34.1. The van der Waals surface area contributed by atoms with Crippen LogP contribution >= 0.6 is 0 Å². The molecule has 9 heteroatoms. The molecular formula is C40H28N4O5. The normalized spacial score (nSPS) is 14.1. The summed E-state index contributed by atoms with van der Waals surface area (Å²) < 4.78 is 1.95. The van der Waals surface area contributed by atoms with Gasteiger partial charge in [0.05, 0.1) is 27.7 Å². The number of amides is 4. The number of aryl methyl sites for hydroxylation is 1. The van der Waals surface area contributed by atoms with Gasteiger partial charge in [-0.15, -0.1) is 0 Å².